The number of nitrogens with one attached hydrogen (secondary N) is 2. The van der Waals surface area contributed by atoms with Gasteiger partial charge < -0.3 is 10.6 Å². The lowest BCUT2D eigenvalue weighted by molar-refractivity contribution is -0.125. The minimum absolute atomic E-state index is 0.202. The molecule has 0 aromatic heterocycles. The van der Waals surface area contributed by atoms with Gasteiger partial charge in [0.05, 0.1) is 5.92 Å². The predicted molar refractivity (Wildman–Crippen MR) is 62.7 cm³/mol. The van der Waals surface area contributed by atoms with E-state index < -0.39 is 0 Å². The Balaban J connectivity index is 2.22. The predicted octanol–water partition coefficient (Wildman–Crippen LogP) is 1.54. The molecule has 1 aliphatic heterocycles. The number of hydrogen-bond acceptors (Lipinski definition) is 2. The van der Waals surface area contributed by atoms with Crippen molar-refractivity contribution in [3.05, 3.63) is 0 Å². The summed E-state index contributed by atoms with van der Waals surface area (Å²) in [6.45, 7) is 7.14. The quantitative estimate of drug-likeness (QED) is 0.726. The summed E-state index contributed by atoms with van der Waals surface area (Å²) in [5, 5.41) is 6.35. The molecule has 0 saturated carbocycles. The number of piperidine rings is 1. The largest absolute Gasteiger partial charge is 0.356 e. The monoisotopic (exact) mass is 212 g/mol. The van der Waals surface area contributed by atoms with Crippen LogP contribution >= 0.6 is 0 Å². The summed E-state index contributed by atoms with van der Waals surface area (Å²) in [7, 11) is 0. The van der Waals surface area contributed by atoms with Gasteiger partial charge in [0.2, 0.25) is 5.91 Å². The Morgan fingerprint density at radius 1 is 1.47 bits per heavy atom. The topological polar surface area (TPSA) is 41.1 Å². The van der Waals surface area contributed by atoms with Gasteiger partial charge in [-0.15, -0.1) is 0 Å². The molecule has 1 amide bonds. The molecule has 1 fully saturated rings. The Morgan fingerprint density at radius 3 is 2.73 bits per heavy atom. The van der Waals surface area contributed by atoms with E-state index in [-0.39, 0.29) is 11.8 Å². The van der Waals surface area contributed by atoms with Gasteiger partial charge in [-0.05, 0) is 25.3 Å². The van der Waals surface area contributed by atoms with Gasteiger partial charge >= 0.3 is 0 Å². The standard InChI is InChI=1S/C12H24N2O/c1-3-10(4-2)8-14-12(15)11-6-5-7-13-9-11/h10-11,13H,3-9H2,1-2H3,(H,14,15)/t11-/m0/s1. The molecule has 1 aliphatic rings. The van der Waals surface area contributed by atoms with E-state index in [9.17, 15) is 4.79 Å². The molecular weight excluding hydrogens is 188 g/mol. The SMILES string of the molecule is CCC(CC)CNC(=O)[C@H]1CCCNC1. The van der Waals surface area contributed by atoms with E-state index in [0.717, 1.165) is 45.3 Å². The van der Waals surface area contributed by atoms with Gasteiger partial charge in [0.1, 0.15) is 0 Å². The number of rotatable bonds is 5. The van der Waals surface area contributed by atoms with E-state index in [2.05, 4.69) is 24.5 Å². The molecule has 0 aromatic carbocycles. The molecule has 88 valence electrons. The normalized spacial score (nSPS) is 21.7. The van der Waals surface area contributed by atoms with Crippen molar-refractivity contribution in [1.82, 2.24) is 10.6 Å². The fourth-order valence-corrected chi connectivity index (χ4v) is 2.04. The maximum atomic E-state index is 11.8. The van der Waals surface area contributed by atoms with Crippen molar-refractivity contribution in [1.29, 1.82) is 0 Å². The van der Waals surface area contributed by atoms with E-state index in [1.54, 1.807) is 0 Å². The van der Waals surface area contributed by atoms with Crippen LogP contribution in [0, 0.1) is 11.8 Å². The molecule has 0 aromatic rings. The van der Waals surface area contributed by atoms with E-state index in [1.807, 2.05) is 0 Å². The summed E-state index contributed by atoms with van der Waals surface area (Å²) in [5.41, 5.74) is 0. The Kier molecular flexibility index (Phi) is 5.69. The average molecular weight is 212 g/mol. The maximum Gasteiger partial charge on any atom is 0.224 e. The van der Waals surface area contributed by atoms with Gasteiger partial charge in [0.15, 0.2) is 0 Å². The fourth-order valence-electron chi connectivity index (χ4n) is 2.04. The summed E-state index contributed by atoms with van der Waals surface area (Å²) >= 11 is 0. The molecule has 0 unspecified atom stereocenters. The molecule has 0 radical (unpaired) electrons. The number of hydrogen-bond donors (Lipinski definition) is 2. The Bertz CT molecular complexity index is 184. The second kappa shape index (κ2) is 6.83. The molecule has 1 saturated heterocycles. The summed E-state index contributed by atoms with van der Waals surface area (Å²) in [4.78, 5) is 11.8. The highest BCUT2D eigenvalue weighted by molar-refractivity contribution is 5.78. The minimum Gasteiger partial charge on any atom is -0.356 e. The molecule has 0 spiro atoms. The van der Waals surface area contributed by atoms with Crippen molar-refractivity contribution < 1.29 is 4.79 Å². The second-order valence-electron chi connectivity index (χ2n) is 4.47. The highest BCUT2D eigenvalue weighted by Crippen LogP contribution is 2.11. The zero-order chi connectivity index (χ0) is 11.1. The van der Waals surface area contributed by atoms with Crippen LogP contribution < -0.4 is 10.6 Å². The molecule has 1 heterocycles. The van der Waals surface area contributed by atoms with E-state index >= 15 is 0 Å². The van der Waals surface area contributed by atoms with Crippen LogP contribution in [-0.2, 0) is 4.79 Å². The summed E-state index contributed by atoms with van der Waals surface area (Å²) in [6, 6.07) is 0. The first-order valence-corrected chi connectivity index (χ1v) is 6.26. The van der Waals surface area contributed by atoms with Crippen LogP contribution in [0.2, 0.25) is 0 Å². The molecule has 2 N–H and O–H groups in total. The van der Waals surface area contributed by atoms with Crippen LogP contribution in [0.3, 0.4) is 0 Å². The van der Waals surface area contributed by atoms with Crippen LogP contribution in [0.4, 0.5) is 0 Å². The van der Waals surface area contributed by atoms with Crippen molar-refractivity contribution >= 4 is 5.91 Å². The first-order chi connectivity index (χ1) is 7.27. The van der Waals surface area contributed by atoms with Gasteiger partial charge in [0, 0.05) is 13.1 Å². The van der Waals surface area contributed by atoms with Crippen LogP contribution in [0.1, 0.15) is 39.5 Å². The average Bonchev–Trinajstić information content (AvgIpc) is 2.31. The van der Waals surface area contributed by atoms with Crippen LogP contribution in [0.5, 0.6) is 0 Å². The molecule has 15 heavy (non-hydrogen) atoms. The highest BCUT2D eigenvalue weighted by atomic mass is 16.1. The van der Waals surface area contributed by atoms with Crippen molar-refractivity contribution in [3.8, 4) is 0 Å². The first kappa shape index (κ1) is 12.5. The van der Waals surface area contributed by atoms with Gasteiger partial charge in [0.25, 0.3) is 0 Å². The Labute approximate surface area is 93.0 Å². The zero-order valence-corrected chi connectivity index (χ0v) is 10.0. The number of carbonyl (C=O) groups excluding carboxylic acids is 1. The lowest BCUT2D eigenvalue weighted by Gasteiger charge is -2.23. The lowest BCUT2D eigenvalue weighted by atomic mass is 9.98. The smallest absolute Gasteiger partial charge is 0.224 e. The summed E-state index contributed by atoms with van der Waals surface area (Å²) in [5.74, 6) is 1.09. The molecule has 1 rings (SSSR count). The van der Waals surface area contributed by atoms with E-state index in [4.69, 9.17) is 0 Å². The third kappa shape index (κ3) is 4.20. The van der Waals surface area contributed by atoms with Crippen LogP contribution in [0.25, 0.3) is 0 Å². The van der Waals surface area contributed by atoms with Crippen molar-refractivity contribution in [2.45, 2.75) is 39.5 Å². The molecular formula is C12H24N2O. The zero-order valence-electron chi connectivity index (χ0n) is 10.0. The van der Waals surface area contributed by atoms with Crippen molar-refractivity contribution in [2.24, 2.45) is 11.8 Å². The third-order valence-electron chi connectivity index (χ3n) is 3.39. The second-order valence-corrected chi connectivity index (χ2v) is 4.47. The molecule has 0 aliphatic carbocycles. The molecule has 3 nitrogen and oxygen atoms in total. The van der Waals surface area contributed by atoms with Gasteiger partial charge in [-0.2, -0.15) is 0 Å². The van der Waals surface area contributed by atoms with Crippen molar-refractivity contribution in [3.63, 3.8) is 0 Å². The summed E-state index contributed by atoms with van der Waals surface area (Å²) in [6.07, 6.45) is 4.48. The number of carbonyl (C=O) groups is 1. The lowest BCUT2D eigenvalue weighted by Crippen LogP contribution is -2.41. The molecule has 0 bridgehead atoms. The van der Waals surface area contributed by atoms with Crippen LogP contribution in [-0.4, -0.2) is 25.5 Å². The number of amides is 1. The van der Waals surface area contributed by atoms with Gasteiger partial charge in [-0.25, -0.2) is 0 Å². The van der Waals surface area contributed by atoms with Gasteiger partial charge in [-0.1, -0.05) is 26.7 Å². The summed E-state index contributed by atoms with van der Waals surface area (Å²) < 4.78 is 0. The van der Waals surface area contributed by atoms with Gasteiger partial charge in [-0.3, -0.25) is 4.79 Å². The van der Waals surface area contributed by atoms with Crippen molar-refractivity contribution in [2.75, 3.05) is 19.6 Å². The first-order valence-electron chi connectivity index (χ1n) is 6.26. The molecule has 1 atom stereocenters. The maximum absolute atomic E-state index is 11.8. The Hall–Kier alpha value is -0.570. The van der Waals surface area contributed by atoms with Crippen LogP contribution in [0.15, 0.2) is 0 Å². The third-order valence-corrected chi connectivity index (χ3v) is 3.39. The molecule has 3 heteroatoms. The van der Waals surface area contributed by atoms with E-state index in [0.29, 0.717) is 5.92 Å². The minimum atomic E-state index is 0.202. The highest BCUT2D eigenvalue weighted by Gasteiger charge is 2.20. The Morgan fingerprint density at radius 2 is 2.20 bits per heavy atom. The fraction of sp³-hybridized carbons (Fsp3) is 0.917. The van der Waals surface area contributed by atoms with E-state index in [1.165, 1.54) is 0 Å².